The number of benzene rings is 1. The summed E-state index contributed by atoms with van der Waals surface area (Å²) in [5.74, 6) is 0.727. The molecule has 0 aliphatic rings. The van der Waals surface area contributed by atoms with Gasteiger partial charge in [0.2, 0.25) is 0 Å². The van der Waals surface area contributed by atoms with Crippen molar-refractivity contribution in [2.75, 3.05) is 5.88 Å². The number of halogens is 2. The molecular weight excluding hydrogens is 215 g/mol. The first-order valence-corrected chi connectivity index (χ1v) is 5.76. The van der Waals surface area contributed by atoms with Gasteiger partial charge in [0.15, 0.2) is 0 Å². The second-order valence-electron chi connectivity index (χ2n) is 3.15. The first-order chi connectivity index (χ1) is 6.88. The van der Waals surface area contributed by atoms with Gasteiger partial charge < -0.3 is 0 Å². The molecule has 0 bridgehead atoms. The average Bonchev–Trinajstić information content (AvgIpc) is 2.26. The minimum Gasteiger partial charge on any atom is -0.127 e. The fourth-order valence-corrected chi connectivity index (χ4v) is 1.75. The maximum absolute atomic E-state index is 5.79. The van der Waals surface area contributed by atoms with Crippen molar-refractivity contribution in [1.29, 1.82) is 0 Å². The summed E-state index contributed by atoms with van der Waals surface area (Å²) in [5, 5.41) is 0. The molecule has 0 aliphatic carbocycles. The molecule has 0 nitrogen and oxygen atoms in total. The minimum atomic E-state index is 0.727. The van der Waals surface area contributed by atoms with E-state index in [-0.39, 0.29) is 0 Å². The van der Waals surface area contributed by atoms with Crippen LogP contribution in [0.1, 0.15) is 24.8 Å². The van der Waals surface area contributed by atoms with Gasteiger partial charge >= 0.3 is 0 Å². The molecule has 1 aromatic rings. The molecule has 0 heterocycles. The number of hydrogen-bond donors (Lipinski definition) is 0. The predicted octanol–water partition coefficient (Wildman–Crippen LogP) is 4.68. The summed E-state index contributed by atoms with van der Waals surface area (Å²) in [5.41, 5.74) is 4.07. The Bertz CT molecular complexity index is 278. The van der Waals surface area contributed by atoms with Crippen LogP contribution in [0.3, 0.4) is 0 Å². The monoisotopic (exact) mass is 228 g/mol. The van der Waals surface area contributed by atoms with E-state index in [1.54, 1.807) is 5.54 Å². The molecule has 0 fully saturated rings. The van der Waals surface area contributed by atoms with E-state index in [4.69, 9.17) is 23.2 Å². The Labute approximate surface area is 95.5 Å². The second-order valence-corrected chi connectivity index (χ2v) is 3.74. The molecule has 0 N–H and O–H groups in total. The first kappa shape index (κ1) is 11.6. The van der Waals surface area contributed by atoms with Crippen molar-refractivity contribution in [3.8, 4) is 0 Å². The molecule has 0 atom stereocenters. The van der Waals surface area contributed by atoms with Crippen molar-refractivity contribution in [3.05, 3.63) is 41.4 Å². The van der Waals surface area contributed by atoms with E-state index in [0.717, 1.165) is 25.1 Å². The fourth-order valence-electron chi connectivity index (χ4n) is 1.32. The van der Waals surface area contributed by atoms with E-state index >= 15 is 0 Å². The molecule has 0 aliphatic heterocycles. The zero-order valence-electron chi connectivity index (χ0n) is 8.05. The summed E-state index contributed by atoms with van der Waals surface area (Å²) in [6, 6.07) is 10.2. The summed E-state index contributed by atoms with van der Waals surface area (Å²) in [6.45, 7) is 0. The van der Waals surface area contributed by atoms with Crippen LogP contribution < -0.4 is 0 Å². The highest BCUT2D eigenvalue weighted by atomic mass is 35.5. The highest BCUT2D eigenvalue weighted by Gasteiger charge is 1.99. The van der Waals surface area contributed by atoms with Crippen LogP contribution in [0.5, 0.6) is 0 Å². The van der Waals surface area contributed by atoms with Crippen LogP contribution in [0.4, 0.5) is 0 Å². The molecule has 0 amide bonds. The van der Waals surface area contributed by atoms with Crippen molar-refractivity contribution in [2.45, 2.75) is 19.3 Å². The van der Waals surface area contributed by atoms with Crippen LogP contribution in [0, 0.1) is 0 Å². The molecule has 14 heavy (non-hydrogen) atoms. The molecule has 0 radical (unpaired) electrons. The molecule has 1 rings (SSSR count). The third-order valence-corrected chi connectivity index (χ3v) is 2.64. The Hall–Kier alpha value is -0.460. The number of alkyl halides is 1. The quantitative estimate of drug-likeness (QED) is 0.508. The van der Waals surface area contributed by atoms with E-state index in [2.05, 4.69) is 12.1 Å². The highest BCUT2D eigenvalue weighted by molar-refractivity contribution is 6.28. The van der Waals surface area contributed by atoms with Gasteiger partial charge in [0.05, 0.1) is 0 Å². The maximum atomic E-state index is 5.79. The third-order valence-electron chi connectivity index (χ3n) is 2.11. The van der Waals surface area contributed by atoms with Gasteiger partial charge in [-0.25, -0.2) is 0 Å². The molecular formula is C12H14Cl2. The van der Waals surface area contributed by atoms with Gasteiger partial charge in [-0.15, -0.1) is 11.6 Å². The van der Waals surface area contributed by atoms with E-state index in [9.17, 15) is 0 Å². The highest BCUT2D eigenvalue weighted by Crippen LogP contribution is 2.21. The second kappa shape index (κ2) is 6.92. The van der Waals surface area contributed by atoms with Gasteiger partial charge in [-0.05, 0) is 30.4 Å². The Kier molecular flexibility index (Phi) is 5.74. The van der Waals surface area contributed by atoms with Crippen molar-refractivity contribution in [2.24, 2.45) is 0 Å². The van der Waals surface area contributed by atoms with E-state index in [0.29, 0.717) is 0 Å². The lowest BCUT2D eigenvalue weighted by Crippen LogP contribution is -1.85. The SMILES string of the molecule is ClC=C(CCCCCl)c1ccccc1. The lowest BCUT2D eigenvalue weighted by molar-refractivity contribution is 0.830. The summed E-state index contributed by atoms with van der Waals surface area (Å²) in [7, 11) is 0. The lowest BCUT2D eigenvalue weighted by Gasteiger charge is -2.05. The van der Waals surface area contributed by atoms with Crippen LogP contribution in [0.2, 0.25) is 0 Å². The van der Waals surface area contributed by atoms with Crippen LogP contribution in [0.15, 0.2) is 35.9 Å². The van der Waals surface area contributed by atoms with Crippen molar-refractivity contribution >= 4 is 28.8 Å². The zero-order chi connectivity index (χ0) is 10.2. The Morgan fingerprint density at radius 1 is 1.14 bits per heavy atom. The van der Waals surface area contributed by atoms with Crippen LogP contribution in [-0.2, 0) is 0 Å². The van der Waals surface area contributed by atoms with Crippen LogP contribution in [-0.4, -0.2) is 5.88 Å². The lowest BCUT2D eigenvalue weighted by atomic mass is 10.0. The Morgan fingerprint density at radius 3 is 2.43 bits per heavy atom. The molecule has 0 aromatic heterocycles. The van der Waals surface area contributed by atoms with Gasteiger partial charge in [0.1, 0.15) is 0 Å². The topological polar surface area (TPSA) is 0 Å². The fraction of sp³-hybridized carbons (Fsp3) is 0.333. The van der Waals surface area contributed by atoms with Gasteiger partial charge in [-0.3, -0.25) is 0 Å². The predicted molar refractivity (Wildman–Crippen MR) is 64.8 cm³/mol. The first-order valence-electron chi connectivity index (χ1n) is 4.79. The Morgan fingerprint density at radius 2 is 1.86 bits per heavy atom. The standard InChI is InChI=1S/C12H14Cl2/c13-9-5-4-8-12(10-14)11-6-2-1-3-7-11/h1-3,6-7,10H,4-5,8-9H2. The van der Waals surface area contributed by atoms with Gasteiger partial charge in [0, 0.05) is 11.4 Å². The van der Waals surface area contributed by atoms with E-state index < -0.39 is 0 Å². The molecule has 1 aromatic carbocycles. The maximum Gasteiger partial charge on any atom is 0.0223 e. The summed E-state index contributed by atoms with van der Waals surface area (Å²) >= 11 is 11.4. The van der Waals surface area contributed by atoms with Crippen LogP contribution >= 0.6 is 23.2 Å². The molecule has 0 unspecified atom stereocenters. The minimum absolute atomic E-state index is 0.727. The molecule has 76 valence electrons. The third kappa shape index (κ3) is 3.73. The van der Waals surface area contributed by atoms with E-state index in [1.165, 1.54) is 11.1 Å². The molecule has 0 spiro atoms. The summed E-state index contributed by atoms with van der Waals surface area (Å²) in [6.07, 6.45) is 3.14. The zero-order valence-corrected chi connectivity index (χ0v) is 9.56. The van der Waals surface area contributed by atoms with Crippen molar-refractivity contribution in [3.63, 3.8) is 0 Å². The van der Waals surface area contributed by atoms with Gasteiger partial charge in [-0.2, -0.15) is 0 Å². The largest absolute Gasteiger partial charge is 0.127 e. The Balaban J connectivity index is 2.56. The van der Waals surface area contributed by atoms with Gasteiger partial charge in [0.25, 0.3) is 0 Å². The summed E-state index contributed by atoms with van der Waals surface area (Å²) < 4.78 is 0. The van der Waals surface area contributed by atoms with Crippen LogP contribution in [0.25, 0.3) is 5.57 Å². The number of unbranched alkanes of at least 4 members (excludes halogenated alkanes) is 1. The summed E-state index contributed by atoms with van der Waals surface area (Å²) in [4.78, 5) is 0. The van der Waals surface area contributed by atoms with E-state index in [1.807, 2.05) is 18.2 Å². The van der Waals surface area contributed by atoms with Crippen molar-refractivity contribution < 1.29 is 0 Å². The number of hydrogen-bond acceptors (Lipinski definition) is 0. The molecule has 2 heteroatoms. The van der Waals surface area contributed by atoms with Crippen molar-refractivity contribution in [1.82, 2.24) is 0 Å². The van der Waals surface area contributed by atoms with Gasteiger partial charge in [-0.1, -0.05) is 41.9 Å². The molecule has 0 saturated carbocycles. The smallest absolute Gasteiger partial charge is 0.0223 e. The number of rotatable bonds is 5. The normalized spacial score (nSPS) is 11.7. The molecule has 0 saturated heterocycles. The number of allylic oxidation sites excluding steroid dienone is 1. The average molecular weight is 229 g/mol.